The van der Waals surface area contributed by atoms with E-state index in [0.717, 1.165) is 22.4 Å². The lowest BCUT2D eigenvalue weighted by Crippen LogP contribution is -2.27. The van der Waals surface area contributed by atoms with E-state index < -0.39 is 0 Å². The SMILES string of the molecule is Cc1c(C)c(C(=O)NCc2cccnc2)n(Cc2ccccc2F)c1C. The number of carbonyl (C=O) groups excluding carboxylic acids is 1. The number of rotatable bonds is 5. The van der Waals surface area contributed by atoms with Crippen molar-refractivity contribution in [1.82, 2.24) is 14.9 Å². The Morgan fingerprint density at radius 3 is 2.58 bits per heavy atom. The van der Waals surface area contributed by atoms with Crippen LogP contribution in [0.15, 0.2) is 48.8 Å². The zero-order valence-corrected chi connectivity index (χ0v) is 15.2. The lowest BCUT2D eigenvalue weighted by molar-refractivity contribution is 0.0941. The number of pyridine rings is 1. The minimum absolute atomic E-state index is 0.168. The summed E-state index contributed by atoms with van der Waals surface area (Å²) in [7, 11) is 0. The lowest BCUT2D eigenvalue weighted by atomic mass is 10.1. The Balaban J connectivity index is 1.90. The highest BCUT2D eigenvalue weighted by atomic mass is 19.1. The largest absolute Gasteiger partial charge is 0.347 e. The molecule has 0 bridgehead atoms. The average molecular weight is 351 g/mol. The van der Waals surface area contributed by atoms with Crippen molar-refractivity contribution in [3.8, 4) is 0 Å². The summed E-state index contributed by atoms with van der Waals surface area (Å²) in [6.07, 6.45) is 3.42. The van der Waals surface area contributed by atoms with Crippen LogP contribution in [0.1, 0.15) is 38.4 Å². The molecule has 0 saturated carbocycles. The van der Waals surface area contributed by atoms with Crippen molar-refractivity contribution in [2.75, 3.05) is 0 Å². The number of hydrogen-bond donors (Lipinski definition) is 1. The average Bonchev–Trinajstić information content (AvgIpc) is 2.86. The molecule has 0 radical (unpaired) electrons. The number of benzene rings is 1. The van der Waals surface area contributed by atoms with Gasteiger partial charge in [0, 0.05) is 30.2 Å². The maximum Gasteiger partial charge on any atom is 0.268 e. The summed E-state index contributed by atoms with van der Waals surface area (Å²) >= 11 is 0. The van der Waals surface area contributed by atoms with Crippen LogP contribution in [-0.2, 0) is 13.1 Å². The molecule has 5 heteroatoms. The predicted molar refractivity (Wildman–Crippen MR) is 99.6 cm³/mol. The van der Waals surface area contributed by atoms with Crippen LogP contribution in [0.25, 0.3) is 0 Å². The second-order valence-corrected chi connectivity index (χ2v) is 6.41. The first-order valence-electron chi connectivity index (χ1n) is 8.55. The van der Waals surface area contributed by atoms with Gasteiger partial charge in [0.05, 0.1) is 6.54 Å². The van der Waals surface area contributed by atoms with Crippen molar-refractivity contribution in [2.24, 2.45) is 0 Å². The summed E-state index contributed by atoms with van der Waals surface area (Å²) in [5.41, 5.74) is 5.01. The minimum atomic E-state index is -0.266. The topological polar surface area (TPSA) is 46.9 Å². The fourth-order valence-corrected chi connectivity index (χ4v) is 3.08. The van der Waals surface area contributed by atoms with Crippen LogP contribution in [-0.4, -0.2) is 15.5 Å². The smallest absolute Gasteiger partial charge is 0.268 e. The van der Waals surface area contributed by atoms with Crippen LogP contribution in [0.5, 0.6) is 0 Å². The predicted octanol–water partition coefficient (Wildman–Crippen LogP) is 3.93. The van der Waals surface area contributed by atoms with Crippen LogP contribution in [0, 0.1) is 26.6 Å². The Bertz CT molecular complexity index is 932. The highest BCUT2D eigenvalue weighted by molar-refractivity contribution is 5.95. The molecule has 4 nitrogen and oxygen atoms in total. The summed E-state index contributed by atoms with van der Waals surface area (Å²) in [4.78, 5) is 16.9. The van der Waals surface area contributed by atoms with E-state index in [-0.39, 0.29) is 11.7 Å². The molecule has 134 valence electrons. The molecule has 2 heterocycles. The van der Waals surface area contributed by atoms with Gasteiger partial charge in [0.1, 0.15) is 11.5 Å². The molecule has 0 atom stereocenters. The normalized spacial score (nSPS) is 10.8. The molecule has 0 saturated heterocycles. The highest BCUT2D eigenvalue weighted by Crippen LogP contribution is 2.23. The Kier molecular flexibility index (Phi) is 5.16. The van der Waals surface area contributed by atoms with Crippen molar-refractivity contribution in [3.05, 3.63) is 88.3 Å². The van der Waals surface area contributed by atoms with Crippen LogP contribution in [0.4, 0.5) is 4.39 Å². The number of aromatic nitrogens is 2. The highest BCUT2D eigenvalue weighted by Gasteiger charge is 2.21. The first kappa shape index (κ1) is 17.9. The van der Waals surface area contributed by atoms with E-state index in [0.29, 0.717) is 24.3 Å². The van der Waals surface area contributed by atoms with Crippen LogP contribution < -0.4 is 5.32 Å². The van der Waals surface area contributed by atoms with Crippen molar-refractivity contribution in [3.63, 3.8) is 0 Å². The number of halogens is 1. The molecular formula is C21H22FN3O. The molecule has 3 rings (SSSR count). The van der Waals surface area contributed by atoms with Gasteiger partial charge in [0.2, 0.25) is 0 Å². The molecule has 2 aromatic heterocycles. The molecule has 0 aliphatic carbocycles. The zero-order valence-electron chi connectivity index (χ0n) is 15.2. The first-order chi connectivity index (χ1) is 12.5. The van der Waals surface area contributed by atoms with Crippen LogP contribution in [0.2, 0.25) is 0 Å². The Morgan fingerprint density at radius 1 is 1.12 bits per heavy atom. The number of nitrogens with zero attached hydrogens (tertiary/aromatic N) is 2. The van der Waals surface area contributed by atoms with Gasteiger partial charge in [-0.2, -0.15) is 0 Å². The van der Waals surface area contributed by atoms with E-state index in [9.17, 15) is 9.18 Å². The van der Waals surface area contributed by atoms with Gasteiger partial charge in [0.15, 0.2) is 0 Å². The minimum Gasteiger partial charge on any atom is -0.347 e. The Labute approximate surface area is 152 Å². The van der Waals surface area contributed by atoms with E-state index in [1.165, 1.54) is 6.07 Å². The van der Waals surface area contributed by atoms with Crippen LogP contribution >= 0.6 is 0 Å². The number of nitrogens with one attached hydrogen (secondary N) is 1. The molecule has 0 spiro atoms. The van der Waals surface area contributed by atoms with Crippen molar-refractivity contribution >= 4 is 5.91 Å². The third kappa shape index (κ3) is 3.52. The fourth-order valence-electron chi connectivity index (χ4n) is 3.08. The molecule has 1 aromatic carbocycles. The molecular weight excluding hydrogens is 329 g/mol. The zero-order chi connectivity index (χ0) is 18.7. The first-order valence-corrected chi connectivity index (χ1v) is 8.55. The van der Waals surface area contributed by atoms with E-state index in [4.69, 9.17) is 0 Å². The molecule has 0 unspecified atom stereocenters. The van der Waals surface area contributed by atoms with Crippen molar-refractivity contribution in [1.29, 1.82) is 0 Å². The van der Waals surface area contributed by atoms with Gasteiger partial charge in [-0.15, -0.1) is 0 Å². The molecule has 0 aliphatic heterocycles. The second kappa shape index (κ2) is 7.52. The van der Waals surface area contributed by atoms with E-state index >= 15 is 0 Å². The third-order valence-electron chi connectivity index (χ3n) is 4.81. The maximum absolute atomic E-state index is 14.1. The Morgan fingerprint density at radius 2 is 1.88 bits per heavy atom. The number of amides is 1. The van der Waals surface area contributed by atoms with E-state index in [1.807, 2.05) is 37.5 Å². The third-order valence-corrected chi connectivity index (χ3v) is 4.81. The molecule has 26 heavy (non-hydrogen) atoms. The quantitative estimate of drug-likeness (QED) is 0.757. The molecule has 1 N–H and O–H groups in total. The summed E-state index contributed by atoms with van der Waals surface area (Å²) in [5, 5.41) is 2.94. The van der Waals surface area contributed by atoms with Gasteiger partial charge in [0.25, 0.3) is 5.91 Å². The Hall–Kier alpha value is -2.95. The van der Waals surface area contributed by atoms with Gasteiger partial charge >= 0.3 is 0 Å². The number of hydrogen-bond acceptors (Lipinski definition) is 2. The molecule has 1 amide bonds. The standard InChI is InChI=1S/C21H22FN3O/c1-14-15(2)20(21(26)24-12-17-7-6-10-23-11-17)25(16(14)3)13-18-8-4-5-9-19(18)22/h4-11H,12-13H2,1-3H3,(H,24,26). The summed E-state index contributed by atoms with van der Waals surface area (Å²) in [5.74, 6) is -0.434. The lowest BCUT2D eigenvalue weighted by Gasteiger charge is -2.13. The maximum atomic E-state index is 14.1. The van der Waals surface area contributed by atoms with Gasteiger partial charge in [-0.05, 0) is 49.6 Å². The van der Waals surface area contributed by atoms with Gasteiger partial charge in [-0.25, -0.2) is 4.39 Å². The van der Waals surface area contributed by atoms with Crippen molar-refractivity contribution in [2.45, 2.75) is 33.9 Å². The van der Waals surface area contributed by atoms with Crippen molar-refractivity contribution < 1.29 is 9.18 Å². The van der Waals surface area contributed by atoms with Gasteiger partial charge in [-0.3, -0.25) is 9.78 Å². The van der Waals surface area contributed by atoms with Gasteiger partial charge < -0.3 is 9.88 Å². The fraction of sp³-hybridized carbons (Fsp3) is 0.238. The summed E-state index contributed by atoms with van der Waals surface area (Å²) < 4.78 is 16.0. The van der Waals surface area contributed by atoms with E-state index in [1.54, 1.807) is 30.6 Å². The van der Waals surface area contributed by atoms with Crippen LogP contribution in [0.3, 0.4) is 0 Å². The molecule has 3 aromatic rings. The monoisotopic (exact) mass is 351 g/mol. The number of carbonyl (C=O) groups is 1. The second-order valence-electron chi connectivity index (χ2n) is 6.41. The molecule has 0 aliphatic rings. The summed E-state index contributed by atoms with van der Waals surface area (Å²) in [6.45, 7) is 6.60. The van der Waals surface area contributed by atoms with Gasteiger partial charge in [-0.1, -0.05) is 24.3 Å². The van der Waals surface area contributed by atoms with E-state index in [2.05, 4.69) is 10.3 Å². The summed E-state index contributed by atoms with van der Waals surface area (Å²) in [6, 6.07) is 10.4. The molecule has 0 fully saturated rings.